The lowest BCUT2D eigenvalue weighted by molar-refractivity contribution is -0.137. The number of hydrogen-bond donors (Lipinski definition) is 2. The molecule has 0 unspecified atom stereocenters. The van der Waals surface area contributed by atoms with E-state index in [9.17, 15) is 14.4 Å². The van der Waals surface area contributed by atoms with Crippen molar-refractivity contribution in [1.82, 2.24) is 9.80 Å². The Bertz CT molecular complexity index is 543. The average molecular weight is 293 g/mol. The van der Waals surface area contributed by atoms with Gasteiger partial charge in [-0.3, -0.25) is 9.59 Å². The van der Waals surface area contributed by atoms with E-state index >= 15 is 0 Å². The second-order valence-corrected chi connectivity index (χ2v) is 4.78. The molecule has 0 atom stereocenters. The molecule has 7 heteroatoms. The smallest absolute Gasteiger partial charge is 0.321 e. The number of carboxylic acid groups (broad SMARTS) is 1. The summed E-state index contributed by atoms with van der Waals surface area (Å²) in [4.78, 5) is 36.9. The Kier molecular flexibility index (Phi) is 5.71. The molecule has 2 N–H and O–H groups in total. The molecule has 0 saturated carbocycles. The van der Waals surface area contributed by atoms with Crippen molar-refractivity contribution in [3.05, 3.63) is 29.8 Å². The van der Waals surface area contributed by atoms with Crippen molar-refractivity contribution in [1.29, 1.82) is 0 Å². The molecule has 7 nitrogen and oxygen atoms in total. The van der Waals surface area contributed by atoms with E-state index in [2.05, 4.69) is 5.32 Å². The largest absolute Gasteiger partial charge is 0.481 e. The maximum atomic E-state index is 12.1. The van der Waals surface area contributed by atoms with Gasteiger partial charge in [-0.25, -0.2) is 4.79 Å². The molecule has 0 spiro atoms. The van der Waals surface area contributed by atoms with Crippen molar-refractivity contribution in [2.75, 3.05) is 33.0 Å². The van der Waals surface area contributed by atoms with Gasteiger partial charge in [0.2, 0.25) is 0 Å². The summed E-state index contributed by atoms with van der Waals surface area (Å²) in [6, 6.07) is 6.21. The molecule has 1 rings (SSSR count). The predicted molar refractivity (Wildman–Crippen MR) is 78.4 cm³/mol. The van der Waals surface area contributed by atoms with Crippen LogP contribution in [0.1, 0.15) is 16.8 Å². The fourth-order valence-corrected chi connectivity index (χ4v) is 1.55. The Morgan fingerprint density at radius 1 is 1.19 bits per heavy atom. The molecule has 0 aliphatic carbocycles. The van der Waals surface area contributed by atoms with Crippen LogP contribution >= 0.6 is 0 Å². The molecule has 0 fully saturated rings. The highest BCUT2D eigenvalue weighted by atomic mass is 16.4. The van der Waals surface area contributed by atoms with E-state index < -0.39 is 5.97 Å². The summed E-state index contributed by atoms with van der Waals surface area (Å²) < 4.78 is 0. The third kappa shape index (κ3) is 5.13. The van der Waals surface area contributed by atoms with Crippen molar-refractivity contribution in [3.8, 4) is 0 Å². The number of carbonyl (C=O) groups is 3. The number of benzene rings is 1. The molecular formula is C14H19N3O4. The van der Waals surface area contributed by atoms with Gasteiger partial charge in [-0.15, -0.1) is 0 Å². The summed E-state index contributed by atoms with van der Waals surface area (Å²) in [6.45, 7) is 0.127. The SMILES string of the molecule is CN(C)C(=O)Nc1cccc(C(=O)N(C)CCC(=O)O)c1. The summed E-state index contributed by atoms with van der Waals surface area (Å²) in [6.07, 6.45) is -0.112. The zero-order valence-corrected chi connectivity index (χ0v) is 12.3. The molecule has 1 aromatic rings. The van der Waals surface area contributed by atoms with Crippen LogP contribution in [0.2, 0.25) is 0 Å². The quantitative estimate of drug-likeness (QED) is 0.857. The number of nitrogens with zero attached hydrogens (tertiary/aromatic N) is 2. The maximum absolute atomic E-state index is 12.1. The minimum absolute atomic E-state index is 0.112. The number of aliphatic carboxylic acids is 1. The van der Waals surface area contributed by atoms with Gasteiger partial charge in [-0.1, -0.05) is 6.07 Å². The summed E-state index contributed by atoms with van der Waals surface area (Å²) in [5.74, 6) is -1.25. The summed E-state index contributed by atoms with van der Waals surface area (Å²) >= 11 is 0. The van der Waals surface area contributed by atoms with Gasteiger partial charge < -0.3 is 20.2 Å². The number of anilines is 1. The number of hydrogen-bond acceptors (Lipinski definition) is 3. The topological polar surface area (TPSA) is 90.0 Å². The van der Waals surface area contributed by atoms with E-state index in [-0.39, 0.29) is 24.9 Å². The molecule has 0 aliphatic rings. The normalized spacial score (nSPS) is 9.86. The van der Waals surface area contributed by atoms with Gasteiger partial charge in [-0.2, -0.15) is 0 Å². The van der Waals surface area contributed by atoms with Crippen LogP contribution in [0, 0.1) is 0 Å². The second kappa shape index (κ2) is 7.28. The zero-order chi connectivity index (χ0) is 16.0. The molecule has 3 amide bonds. The average Bonchev–Trinajstić information content (AvgIpc) is 2.44. The first-order valence-electron chi connectivity index (χ1n) is 6.37. The van der Waals surface area contributed by atoms with Crippen LogP contribution in [0.4, 0.5) is 10.5 Å². The van der Waals surface area contributed by atoms with Crippen LogP contribution in [0.15, 0.2) is 24.3 Å². The molecular weight excluding hydrogens is 274 g/mol. The first-order valence-corrected chi connectivity index (χ1v) is 6.37. The fourth-order valence-electron chi connectivity index (χ4n) is 1.55. The highest BCUT2D eigenvalue weighted by Crippen LogP contribution is 2.13. The third-order valence-corrected chi connectivity index (χ3v) is 2.77. The van der Waals surface area contributed by atoms with Gasteiger partial charge in [0, 0.05) is 38.9 Å². The van der Waals surface area contributed by atoms with Gasteiger partial charge in [0.05, 0.1) is 6.42 Å². The summed E-state index contributed by atoms with van der Waals surface area (Å²) in [5.41, 5.74) is 0.894. The monoisotopic (exact) mass is 293 g/mol. The number of amides is 3. The lowest BCUT2D eigenvalue weighted by atomic mass is 10.1. The Balaban J connectivity index is 2.77. The van der Waals surface area contributed by atoms with Crippen LogP contribution in [-0.4, -0.2) is 60.5 Å². The zero-order valence-electron chi connectivity index (χ0n) is 12.3. The molecule has 0 bridgehead atoms. The van der Waals surface area contributed by atoms with E-state index in [1.54, 1.807) is 38.4 Å². The lowest BCUT2D eigenvalue weighted by Gasteiger charge is -2.17. The second-order valence-electron chi connectivity index (χ2n) is 4.78. The summed E-state index contributed by atoms with van der Waals surface area (Å²) in [5, 5.41) is 11.3. The van der Waals surface area contributed by atoms with Crippen molar-refractivity contribution in [2.24, 2.45) is 0 Å². The number of urea groups is 1. The minimum atomic E-state index is -0.957. The van der Waals surface area contributed by atoms with Crippen LogP contribution in [0.3, 0.4) is 0 Å². The molecule has 114 valence electrons. The van der Waals surface area contributed by atoms with E-state index in [0.717, 1.165) is 0 Å². The lowest BCUT2D eigenvalue weighted by Crippen LogP contribution is -2.29. The van der Waals surface area contributed by atoms with E-state index in [1.807, 2.05) is 0 Å². The van der Waals surface area contributed by atoms with Gasteiger partial charge in [0.1, 0.15) is 0 Å². The van der Waals surface area contributed by atoms with E-state index in [1.165, 1.54) is 16.8 Å². The molecule has 0 aliphatic heterocycles. The molecule has 21 heavy (non-hydrogen) atoms. The van der Waals surface area contributed by atoms with Crippen LogP contribution in [-0.2, 0) is 4.79 Å². The Morgan fingerprint density at radius 2 is 1.86 bits per heavy atom. The molecule has 0 heterocycles. The van der Waals surface area contributed by atoms with Crippen LogP contribution in [0.25, 0.3) is 0 Å². The highest BCUT2D eigenvalue weighted by molar-refractivity contribution is 5.96. The molecule has 0 radical (unpaired) electrons. The predicted octanol–water partition coefficient (Wildman–Crippen LogP) is 1.33. The first-order chi connectivity index (χ1) is 9.81. The van der Waals surface area contributed by atoms with Gasteiger partial charge >= 0.3 is 12.0 Å². The van der Waals surface area contributed by atoms with Crippen LogP contribution < -0.4 is 5.32 Å². The fraction of sp³-hybridized carbons (Fsp3) is 0.357. The minimum Gasteiger partial charge on any atom is -0.481 e. The highest BCUT2D eigenvalue weighted by Gasteiger charge is 2.13. The summed E-state index contributed by atoms with van der Waals surface area (Å²) in [7, 11) is 4.77. The maximum Gasteiger partial charge on any atom is 0.321 e. The first kappa shape index (κ1) is 16.5. The number of nitrogens with one attached hydrogen (secondary N) is 1. The van der Waals surface area contributed by atoms with Crippen LogP contribution in [0.5, 0.6) is 0 Å². The van der Waals surface area contributed by atoms with Crippen molar-refractivity contribution < 1.29 is 19.5 Å². The number of carboxylic acids is 1. The Labute approximate surface area is 123 Å². The molecule has 0 saturated heterocycles. The Hall–Kier alpha value is -2.57. The van der Waals surface area contributed by atoms with Crippen molar-refractivity contribution >= 4 is 23.6 Å². The Morgan fingerprint density at radius 3 is 2.43 bits per heavy atom. The van der Waals surface area contributed by atoms with Crippen molar-refractivity contribution in [3.63, 3.8) is 0 Å². The molecule has 1 aromatic carbocycles. The standard InChI is InChI=1S/C14H19N3O4/c1-16(2)14(21)15-11-6-4-5-10(9-11)13(20)17(3)8-7-12(18)19/h4-6,9H,7-8H2,1-3H3,(H,15,21)(H,18,19). The van der Waals surface area contributed by atoms with E-state index in [0.29, 0.717) is 11.3 Å². The number of rotatable bonds is 5. The third-order valence-electron chi connectivity index (χ3n) is 2.77. The molecule has 0 aromatic heterocycles. The van der Waals surface area contributed by atoms with Gasteiger partial charge in [0.15, 0.2) is 0 Å². The van der Waals surface area contributed by atoms with E-state index in [4.69, 9.17) is 5.11 Å². The van der Waals surface area contributed by atoms with Gasteiger partial charge in [-0.05, 0) is 18.2 Å². The number of carbonyl (C=O) groups excluding carboxylic acids is 2. The van der Waals surface area contributed by atoms with Crippen molar-refractivity contribution in [2.45, 2.75) is 6.42 Å². The van der Waals surface area contributed by atoms with Gasteiger partial charge in [0.25, 0.3) is 5.91 Å².